The lowest BCUT2D eigenvalue weighted by molar-refractivity contribution is 0.251. The minimum Gasteiger partial charge on any atom is -0.361 e. The van der Waals surface area contributed by atoms with Gasteiger partial charge in [-0.25, -0.2) is 0 Å². The predicted octanol–water partition coefficient (Wildman–Crippen LogP) is 3.54. The van der Waals surface area contributed by atoms with Crippen LogP contribution >= 0.6 is 0 Å². The van der Waals surface area contributed by atoms with E-state index in [4.69, 9.17) is 0 Å². The molecule has 3 atom stereocenters. The van der Waals surface area contributed by atoms with Gasteiger partial charge in [0.2, 0.25) is 0 Å². The molecular weight excluding hydrogens is 306 g/mol. The number of hydrogen-bond acceptors (Lipinski definition) is 2. The lowest BCUT2D eigenvalue weighted by atomic mass is 9.93. The Morgan fingerprint density at radius 3 is 2.68 bits per heavy atom. The number of rotatable bonds is 4. The molecule has 1 aliphatic carbocycles. The van der Waals surface area contributed by atoms with Crippen LogP contribution in [-0.4, -0.2) is 54.6 Å². The van der Waals surface area contributed by atoms with Gasteiger partial charge in [-0.05, 0) is 56.6 Å². The first-order valence-electron chi connectivity index (χ1n) is 9.40. The van der Waals surface area contributed by atoms with Crippen molar-refractivity contribution in [2.24, 2.45) is 5.92 Å². The molecule has 1 aromatic carbocycles. The normalized spacial score (nSPS) is 26.3. The number of fused-ring (bicyclic) bond motifs is 1. The lowest BCUT2D eigenvalue weighted by Gasteiger charge is -2.26. The molecule has 1 N–H and O–H groups in total. The Bertz CT molecular complexity index is 741. The van der Waals surface area contributed by atoms with Gasteiger partial charge in [-0.2, -0.15) is 0 Å². The molecule has 2 heterocycles. The fourth-order valence-corrected chi connectivity index (χ4v) is 4.47. The third kappa shape index (κ3) is 3.44. The van der Waals surface area contributed by atoms with Gasteiger partial charge in [-0.1, -0.05) is 35.9 Å². The zero-order valence-corrected chi connectivity index (χ0v) is 15.6. The molecule has 1 saturated heterocycles. The monoisotopic (exact) mass is 335 g/mol. The van der Waals surface area contributed by atoms with E-state index in [0.29, 0.717) is 17.9 Å². The van der Waals surface area contributed by atoms with E-state index in [1.807, 2.05) is 0 Å². The number of H-pyrrole nitrogens is 1. The molecule has 3 nitrogen and oxygen atoms in total. The standard InChI is InChI=1S/C22H29N3/c1-16-4-7-18(8-5-16)20-14-25(15-22(20)24(2)3)13-17-6-9-21-19(12-17)10-11-23-21/h4-11,17,20,22-23H,12-15H2,1-3H3. The van der Waals surface area contributed by atoms with E-state index in [0.717, 1.165) is 26.1 Å². The van der Waals surface area contributed by atoms with Crippen LogP contribution in [0.3, 0.4) is 0 Å². The van der Waals surface area contributed by atoms with E-state index >= 15 is 0 Å². The Balaban J connectivity index is 1.46. The largest absolute Gasteiger partial charge is 0.361 e. The van der Waals surface area contributed by atoms with Gasteiger partial charge in [-0.15, -0.1) is 0 Å². The van der Waals surface area contributed by atoms with E-state index in [9.17, 15) is 0 Å². The fourth-order valence-electron chi connectivity index (χ4n) is 4.47. The molecule has 1 fully saturated rings. The molecule has 3 heteroatoms. The lowest BCUT2D eigenvalue weighted by Crippen LogP contribution is -2.35. The van der Waals surface area contributed by atoms with Crippen molar-refractivity contribution < 1.29 is 0 Å². The third-order valence-corrected chi connectivity index (χ3v) is 5.91. The summed E-state index contributed by atoms with van der Waals surface area (Å²) in [5, 5.41) is 0. The highest BCUT2D eigenvalue weighted by atomic mass is 15.2. The molecule has 1 aliphatic heterocycles. The van der Waals surface area contributed by atoms with Crippen LogP contribution in [0, 0.1) is 12.8 Å². The van der Waals surface area contributed by atoms with Crippen LogP contribution < -0.4 is 0 Å². The van der Waals surface area contributed by atoms with Gasteiger partial charge in [0.15, 0.2) is 0 Å². The summed E-state index contributed by atoms with van der Waals surface area (Å²) in [5.74, 6) is 1.23. The molecule has 0 spiro atoms. The van der Waals surface area contributed by atoms with Crippen LogP contribution in [-0.2, 0) is 6.42 Å². The average molecular weight is 335 g/mol. The molecule has 0 amide bonds. The molecule has 3 unspecified atom stereocenters. The Morgan fingerprint density at radius 2 is 1.92 bits per heavy atom. The van der Waals surface area contributed by atoms with Gasteiger partial charge in [-0.3, -0.25) is 0 Å². The van der Waals surface area contributed by atoms with Gasteiger partial charge in [0.25, 0.3) is 0 Å². The molecule has 0 radical (unpaired) electrons. The maximum Gasteiger partial charge on any atom is 0.0409 e. The Labute approximate surface area is 151 Å². The maximum absolute atomic E-state index is 3.32. The molecule has 25 heavy (non-hydrogen) atoms. The Morgan fingerprint density at radius 1 is 1.12 bits per heavy atom. The summed E-state index contributed by atoms with van der Waals surface area (Å²) < 4.78 is 0. The number of hydrogen-bond donors (Lipinski definition) is 1. The minimum absolute atomic E-state index is 0.595. The van der Waals surface area contributed by atoms with Crippen molar-refractivity contribution in [3.05, 3.63) is 65.0 Å². The van der Waals surface area contributed by atoms with E-state index < -0.39 is 0 Å². The van der Waals surface area contributed by atoms with Crippen molar-refractivity contribution in [3.63, 3.8) is 0 Å². The van der Waals surface area contributed by atoms with Crippen molar-refractivity contribution >= 4 is 6.08 Å². The van der Waals surface area contributed by atoms with Gasteiger partial charge in [0, 0.05) is 43.5 Å². The zero-order valence-electron chi connectivity index (χ0n) is 15.6. The highest BCUT2D eigenvalue weighted by molar-refractivity contribution is 5.53. The number of benzene rings is 1. The number of aryl methyl sites for hydroxylation is 1. The van der Waals surface area contributed by atoms with Gasteiger partial charge < -0.3 is 14.8 Å². The number of nitrogens with one attached hydrogen (secondary N) is 1. The summed E-state index contributed by atoms with van der Waals surface area (Å²) in [4.78, 5) is 8.40. The van der Waals surface area contributed by atoms with Crippen LogP contribution in [0.2, 0.25) is 0 Å². The first kappa shape index (κ1) is 16.6. The number of aromatic nitrogens is 1. The summed E-state index contributed by atoms with van der Waals surface area (Å²) >= 11 is 0. The minimum atomic E-state index is 0.595. The predicted molar refractivity (Wildman–Crippen MR) is 105 cm³/mol. The smallest absolute Gasteiger partial charge is 0.0409 e. The SMILES string of the molecule is Cc1ccc(C2CN(CC3C=Cc4[nH]ccc4C3)CC2N(C)C)cc1. The van der Waals surface area contributed by atoms with E-state index in [1.165, 1.54) is 22.4 Å². The van der Waals surface area contributed by atoms with Gasteiger partial charge in [0.1, 0.15) is 0 Å². The van der Waals surface area contributed by atoms with Crippen LogP contribution in [0.5, 0.6) is 0 Å². The number of aromatic amines is 1. The molecule has 4 rings (SSSR count). The fraction of sp³-hybridized carbons (Fsp3) is 0.455. The number of likely N-dealkylation sites (tertiary alicyclic amines) is 1. The van der Waals surface area contributed by atoms with Crippen molar-refractivity contribution in [1.29, 1.82) is 0 Å². The van der Waals surface area contributed by atoms with E-state index in [1.54, 1.807) is 0 Å². The Hall–Kier alpha value is -1.84. The van der Waals surface area contributed by atoms with Crippen LogP contribution in [0.25, 0.3) is 6.08 Å². The van der Waals surface area contributed by atoms with Crippen molar-refractivity contribution in [2.75, 3.05) is 33.7 Å². The molecular formula is C22H29N3. The highest BCUT2D eigenvalue weighted by Gasteiger charge is 2.35. The molecule has 2 aromatic rings. The molecule has 1 aromatic heterocycles. The summed E-state index contributed by atoms with van der Waals surface area (Å²) in [6.45, 7) is 5.65. The van der Waals surface area contributed by atoms with E-state index in [2.05, 4.69) is 84.5 Å². The zero-order chi connectivity index (χ0) is 17.4. The Kier molecular flexibility index (Phi) is 4.53. The van der Waals surface area contributed by atoms with Crippen molar-refractivity contribution in [2.45, 2.75) is 25.3 Å². The summed E-state index contributed by atoms with van der Waals surface area (Å²) in [7, 11) is 4.45. The molecule has 2 aliphatic rings. The second kappa shape index (κ2) is 6.81. The van der Waals surface area contributed by atoms with Crippen molar-refractivity contribution in [1.82, 2.24) is 14.8 Å². The molecule has 0 saturated carbocycles. The first-order chi connectivity index (χ1) is 12.1. The maximum atomic E-state index is 3.32. The van der Waals surface area contributed by atoms with Crippen LogP contribution in [0.1, 0.15) is 28.3 Å². The summed E-state index contributed by atoms with van der Waals surface area (Å²) in [6.07, 6.45) is 7.87. The number of nitrogens with zero attached hydrogens (tertiary/aromatic N) is 2. The summed E-state index contributed by atoms with van der Waals surface area (Å²) in [5.41, 5.74) is 5.58. The topological polar surface area (TPSA) is 22.3 Å². The average Bonchev–Trinajstić information content (AvgIpc) is 3.22. The first-order valence-corrected chi connectivity index (χ1v) is 9.40. The summed E-state index contributed by atoms with van der Waals surface area (Å²) in [6, 6.07) is 12.0. The second-order valence-electron chi connectivity index (χ2n) is 8.01. The van der Waals surface area contributed by atoms with Gasteiger partial charge in [0.05, 0.1) is 0 Å². The van der Waals surface area contributed by atoms with E-state index in [-0.39, 0.29) is 0 Å². The highest BCUT2D eigenvalue weighted by Crippen LogP contribution is 2.32. The third-order valence-electron chi connectivity index (χ3n) is 5.91. The molecule has 132 valence electrons. The van der Waals surface area contributed by atoms with Crippen LogP contribution in [0.4, 0.5) is 0 Å². The van der Waals surface area contributed by atoms with Crippen LogP contribution in [0.15, 0.2) is 42.6 Å². The van der Waals surface area contributed by atoms with Gasteiger partial charge >= 0.3 is 0 Å². The molecule has 0 bridgehead atoms. The quantitative estimate of drug-likeness (QED) is 0.923. The van der Waals surface area contributed by atoms with Crippen molar-refractivity contribution in [3.8, 4) is 0 Å². The number of likely N-dealkylation sites (N-methyl/N-ethyl adjacent to an activating group) is 1. The second-order valence-corrected chi connectivity index (χ2v) is 8.01.